The van der Waals surface area contributed by atoms with Gasteiger partial charge in [-0.05, 0) is 48.6 Å². The van der Waals surface area contributed by atoms with E-state index in [2.05, 4.69) is 24.5 Å². The van der Waals surface area contributed by atoms with Crippen molar-refractivity contribution < 1.29 is 14.4 Å². The van der Waals surface area contributed by atoms with E-state index in [9.17, 15) is 14.4 Å². The summed E-state index contributed by atoms with van der Waals surface area (Å²) in [7, 11) is 0. The predicted molar refractivity (Wildman–Crippen MR) is 117 cm³/mol. The van der Waals surface area contributed by atoms with Crippen molar-refractivity contribution in [2.24, 2.45) is 5.92 Å². The molecule has 1 atom stereocenters. The Labute approximate surface area is 176 Å². The van der Waals surface area contributed by atoms with E-state index >= 15 is 0 Å². The molecule has 2 aromatic rings. The van der Waals surface area contributed by atoms with Crippen LogP contribution < -0.4 is 15.5 Å². The molecular formula is C24H27N3O3. The van der Waals surface area contributed by atoms with Crippen LogP contribution in [0.25, 0.3) is 0 Å². The molecule has 2 N–H and O–H groups in total. The Kier molecular flexibility index (Phi) is 5.57. The number of benzene rings is 2. The molecule has 1 saturated carbocycles. The average molecular weight is 405 g/mol. The third kappa shape index (κ3) is 4.37. The number of anilines is 2. The van der Waals surface area contributed by atoms with Gasteiger partial charge in [0, 0.05) is 24.7 Å². The number of nitrogens with zero attached hydrogens (tertiary/aromatic N) is 1. The van der Waals surface area contributed by atoms with E-state index in [0.29, 0.717) is 23.7 Å². The van der Waals surface area contributed by atoms with Crippen LogP contribution in [0.2, 0.25) is 0 Å². The van der Waals surface area contributed by atoms with Crippen molar-refractivity contribution in [3.05, 3.63) is 59.7 Å². The van der Waals surface area contributed by atoms with Gasteiger partial charge in [0.1, 0.15) is 0 Å². The lowest BCUT2D eigenvalue weighted by Crippen LogP contribution is -2.30. The van der Waals surface area contributed by atoms with E-state index < -0.39 is 5.92 Å². The van der Waals surface area contributed by atoms with Crippen molar-refractivity contribution in [1.82, 2.24) is 5.32 Å². The van der Waals surface area contributed by atoms with Crippen LogP contribution in [0.1, 0.15) is 54.9 Å². The number of nitrogens with one attached hydrogen (secondary N) is 2. The van der Waals surface area contributed by atoms with Crippen LogP contribution >= 0.6 is 0 Å². The molecule has 0 unspecified atom stereocenters. The van der Waals surface area contributed by atoms with Crippen molar-refractivity contribution in [2.75, 3.05) is 16.8 Å². The summed E-state index contributed by atoms with van der Waals surface area (Å²) in [5.41, 5.74) is 2.91. The maximum absolute atomic E-state index is 12.9. The molecule has 0 aromatic heterocycles. The minimum Gasteiger partial charge on any atom is -0.349 e. The molecule has 1 heterocycles. The van der Waals surface area contributed by atoms with Crippen LogP contribution in [0.15, 0.2) is 48.5 Å². The monoisotopic (exact) mass is 405 g/mol. The maximum atomic E-state index is 12.9. The summed E-state index contributed by atoms with van der Waals surface area (Å²) in [6.45, 7) is 4.55. The quantitative estimate of drug-likeness (QED) is 0.769. The van der Waals surface area contributed by atoms with Gasteiger partial charge >= 0.3 is 0 Å². The summed E-state index contributed by atoms with van der Waals surface area (Å²) in [4.78, 5) is 39.7. The number of hydrogen-bond acceptors (Lipinski definition) is 3. The van der Waals surface area contributed by atoms with Crippen LogP contribution in [-0.4, -0.2) is 30.3 Å². The molecule has 0 bridgehead atoms. The maximum Gasteiger partial charge on any atom is 0.253 e. The molecule has 0 radical (unpaired) electrons. The van der Waals surface area contributed by atoms with Crippen molar-refractivity contribution in [1.29, 1.82) is 0 Å². The molecular weight excluding hydrogens is 378 g/mol. The molecule has 2 fully saturated rings. The molecule has 4 rings (SSSR count). The summed E-state index contributed by atoms with van der Waals surface area (Å²) in [5.74, 6) is -0.573. The summed E-state index contributed by atoms with van der Waals surface area (Å²) in [5, 5.41) is 5.82. The second kappa shape index (κ2) is 8.30. The molecule has 30 heavy (non-hydrogen) atoms. The minimum atomic E-state index is -0.459. The Morgan fingerprint density at radius 2 is 1.83 bits per heavy atom. The van der Waals surface area contributed by atoms with Gasteiger partial charge in [-0.3, -0.25) is 14.4 Å². The largest absolute Gasteiger partial charge is 0.349 e. The highest BCUT2D eigenvalue weighted by Crippen LogP contribution is 2.29. The Morgan fingerprint density at radius 1 is 1.07 bits per heavy atom. The Morgan fingerprint density at radius 3 is 2.57 bits per heavy atom. The molecule has 2 aromatic carbocycles. The Hall–Kier alpha value is -3.15. The van der Waals surface area contributed by atoms with Gasteiger partial charge < -0.3 is 15.5 Å². The first-order chi connectivity index (χ1) is 14.4. The van der Waals surface area contributed by atoms with Gasteiger partial charge in [-0.2, -0.15) is 0 Å². The van der Waals surface area contributed by atoms with Crippen molar-refractivity contribution in [3.8, 4) is 0 Å². The molecule has 1 aliphatic heterocycles. The lowest BCUT2D eigenvalue weighted by atomic mass is 10.0. The van der Waals surface area contributed by atoms with Crippen molar-refractivity contribution >= 4 is 29.1 Å². The molecule has 156 valence electrons. The van der Waals surface area contributed by atoms with Gasteiger partial charge in [0.2, 0.25) is 11.8 Å². The fourth-order valence-corrected chi connectivity index (χ4v) is 3.70. The van der Waals surface area contributed by atoms with Crippen molar-refractivity contribution in [2.45, 2.75) is 45.1 Å². The summed E-state index contributed by atoms with van der Waals surface area (Å²) in [6.07, 6.45) is 2.16. The number of carbonyl (C=O) groups excluding carboxylic acids is 3. The first kappa shape index (κ1) is 20.1. The fraction of sp³-hybridized carbons (Fsp3) is 0.375. The van der Waals surface area contributed by atoms with E-state index in [1.807, 2.05) is 24.3 Å². The highest BCUT2D eigenvalue weighted by Gasteiger charge is 2.35. The number of carbonyl (C=O) groups is 3. The van der Waals surface area contributed by atoms with Gasteiger partial charge in [0.25, 0.3) is 5.91 Å². The highest BCUT2D eigenvalue weighted by molar-refractivity contribution is 6.07. The Bertz CT molecular complexity index is 981. The smallest absolute Gasteiger partial charge is 0.253 e. The first-order valence-corrected chi connectivity index (χ1v) is 10.5. The zero-order valence-corrected chi connectivity index (χ0v) is 17.4. The first-order valence-electron chi connectivity index (χ1n) is 10.5. The zero-order valence-electron chi connectivity index (χ0n) is 17.4. The predicted octanol–water partition coefficient (Wildman–Crippen LogP) is 3.69. The molecule has 1 saturated heterocycles. The van der Waals surface area contributed by atoms with Gasteiger partial charge in [-0.15, -0.1) is 0 Å². The van der Waals surface area contributed by atoms with Crippen LogP contribution in [0.4, 0.5) is 11.4 Å². The number of hydrogen-bond donors (Lipinski definition) is 2. The van der Waals surface area contributed by atoms with Gasteiger partial charge in [0.05, 0.1) is 17.2 Å². The summed E-state index contributed by atoms with van der Waals surface area (Å²) in [6, 6.07) is 15.1. The van der Waals surface area contributed by atoms with Crippen molar-refractivity contribution in [3.63, 3.8) is 0 Å². The lowest BCUT2D eigenvalue weighted by Gasteiger charge is -2.19. The SMILES string of the molecule is CC(C)c1cccc(N2C[C@H](C(=O)Nc3ccccc3C(=O)NC3CC3)CC2=O)c1. The lowest BCUT2D eigenvalue weighted by molar-refractivity contribution is -0.122. The second-order valence-electron chi connectivity index (χ2n) is 8.44. The fourth-order valence-electron chi connectivity index (χ4n) is 3.70. The van der Waals surface area contributed by atoms with E-state index in [0.717, 1.165) is 24.1 Å². The minimum absolute atomic E-state index is 0.0594. The highest BCUT2D eigenvalue weighted by atomic mass is 16.2. The number of rotatable bonds is 6. The summed E-state index contributed by atoms with van der Waals surface area (Å²) < 4.78 is 0. The third-order valence-corrected chi connectivity index (χ3v) is 5.69. The zero-order chi connectivity index (χ0) is 21.3. The van der Waals surface area contributed by atoms with E-state index in [1.54, 1.807) is 29.2 Å². The second-order valence-corrected chi connectivity index (χ2v) is 8.44. The standard InChI is InChI=1S/C24H27N3O3/c1-15(2)16-6-5-7-19(12-16)27-14-17(13-22(27)28)23(29)26-21-9-4-3-8-20(21)24(30)25-18-10-11-18/h3-9,12,15,17-18H,10-11,13-14H2,1-2H3,(H,25,30)(H,26,29)/t17-/m1/s1. The third-order valence-electron chi connectivity index (χ3n) is 5.69. The number of para-hydroxylation sites is 1. The van der Waals surface area contributed by atoms with E-state index in [4.69, 9.17) is 0 Å². The van der Waals surface area contributed by atoms with Crippen LogP contribution in [0, 0.1) is 5.92 Å². The normalized spacial score (nSPS) is 18.6. The van der Waals surface area contributed by atoms with Crippen LogP contribution in [-0.2, 0) is 9.59 Å². The van der Waals surface area contributed by atoms with Gasteiger partial charge in [-0.1, -0.05) is 38.1 Å². The van der Waals surface area contributed by atoms with Gasteiger partial charge in [-0.25, -0.2) is 0 Å². The summed E-state index contributed by atoms with van der Waals surface area (Å²) >= 11 is 0. The van der Waals surface area contributed by atoms with Crippen LogP contribution in [0.3, 0.4) is 0 Å². The topological polar surface area (TPSA) is 78.5 Å². The average Bonchev–Trinajstić information content (AvgIpc) is 3.46. The number of amides is 3. The van der Waals surface area contributed by atoms with E-state index in [1.165, 1.54) is 0 Å². The molecule has 6 nitrogen and oxygen atoms in total. The van der Waals surface area contributed by atoms with Gasteiger partial charge in [0.15, 0.2) is 0 Å². The Balaban J connectivity index is 1.46. The molecule has 1 aliphatic carbocycles. The molecule has 3 amide bonds. The molecule has 2 aliphatic rings. The van der Waals surface area contributed by atoms with Crippen LogP contribution in [0.5, 0.6) is 0 Å². The molecule has 6 heteroatoms. The molecule has 0 spiro atoms. The van der Waals surface area contributed by atoms with E-state index in [-0.39, 0.29) is 30.2 Å².